The smallest absolute Gasteiger partial charge is 0.251 e. The summed E-state index contributed by atoms with van der Waals surface area (Å²) < 4.78 is 7.62. The van der Waals surface area contributed by atoms with Crippen molar-refractivity contribution in [3.8, 4) is 0 Å². The number of carbonyl (C=O) groups excluding carboxylic acids is 1. The van der Waals surface area contributed by atoms with E-state index in [2.05, 4.69) is 21.7 Å². The minimum atomic E-state index is -0.218. The van der Waals surface area contributed by atoms with Gasteiger partial charge in [0.1, 0.15) is 11.9 Å². The zero-order chi connectivity index (χ0) is 15.5. The highest BCUT2D eigenvalue weighted by Crippen LogP contribution is 2.29. The molecule has 3 rings (SSSR count). The van der Waals surface area contributed by atoms with Gasteiger partial charge in [0.05, 0.1) is 0 Å². The van der Waals surface area contributed by atoms with Crippen LogP contribution in [0, 0.1) is 0 Å². The van der Waals surface area contributed by atoms with Crippen molar-refractivity contribution in [3.63, 3.8) is 0 Å². The largest absolute Gasteiger partial charge is 0.368 e. The Morgan fingerprint density at radius 2 is 2.23 bits per heavy atom. The molecule has 6 nitrogen and oxygen atoms in total. The van der Waals surface area contributed by atoms with Crippen LogP contribution in [0.25, 0.3) is 0 Å². The van der Waals surface area contributed by atoms with Crippen LogP contribution < -0.4 is 0 Å². The van der Waals surface area contributed by atoms with E-state index in [0.29, 0.717) is 6.61 Å². The molecule has 22 heavy (non-hydrogen) atoms. The van der Waals surface area contributed by atoms with Crippen LogP contribution >= 0.6 is 11.8 Å². The molecule has 2 aliphatic rings. The third-order valence-electron chi connectivity index (χ3n) is 4.45. The normalized spacial score (nSPS) is 25.6. The van der Waals surface area contributed by atoms with E-state index in [0.717, 1.165) is 55.5 Å². The highest BCUT2D eigenvalue weighted by atomic mass is 32.2. The van der Waals surface area contributed by atoms with Gasteiger partial charge in [0.25, 0.3) is 5.91 Å². The van der Waals surface area contributed by atoms with Gasteiger partial charge in [-0.05, 0) is 31.4 Å². The molecule has 1 aromatic rings. The maximum Gasteiger partial charge on any atom is 0.251 e. The molecule has 2 fully saturated rings. The number of rotatable bonds is 4. The fraction of sp³-hybridized carbons (Fsp3) is 0.800. The van der Waals surface area contributed by atoms with Crippen LogP contribution in [0.2, 0.25) is 0 Å². The van der Waals surface area contributed by atoms with Gasteiger partial charge >= 0.3 is 0 Å². The molecule has 0 aliphatic carbocycles. The summed E-state index contributed by atoms with van der Waals surface area (Å²) in [6.45, 7) is 4.40. The number of hydrogen-bond acceptors (Lipinski definition) is 5. The minimum absolute atomic E-state index is 0.160. The quantitative estimate of drug-likeness (QED) is 0.791. The summed E-state index contributed by atoms with van der Waals surface area (Å²) in [5.74, 6) is 2.43. The molecular formula is C15H24N4O2S. The number of carbonyl (C=O) groups is 1. The molecule has 0 spiro atoms. The lowest BCUT2D eigenvalue weighted by Crippen LogP contribution is -2.44. The van der Waals surface area contributed by atoms with Gasteiger partial charge < -0.3 is 14.2 Å². The molecule has 3 heterocycles. The van der Waals surface area contributed by atoms with E-state index in [1.165, 1.54) is 0 Å². The summed E-state index contributed by atoms with van der Waals surface area (Å²) in [6.07, 6.45) is 3.73. The van der Waals surface area contributed by atoms with Crippen LogP contribution in [-0.4, -0.2) is 57.1 Å². The molecule has 1 aromatic heterocycles. The van der Waals surface area contributed by atoms with Crippen molar-refractivity contribution >= 4 is 17.7 Å². The second-order valence-electron chi connectivity index (χ2n) is 5.96. The third kappa shape index (κ3) is 3.15. The summed E-state index contributed by atoms with van der Waals surface area (Å²) in [4.78, 5) is 14.5. The Morgan fingerprint density at radius 1 is 1.36 bits per heavy atom. The fourth-order valence-electron chi connectivity index (χ4n) is 3.30. The predicted octanol–water partition coefficient (Wildman–Crippen LogP) is 1.81. The predicted molar refractivity (Wildman–Crippen MR) is 84.9 cm³/mol. The molecule has 2 saturated heterocycles. The molecule has 0 saturated carbocycles. The van der Waals surface area contributed by atoms with Crippen molar-refractivity contribution in [1.82, 2.24) is 19.7 Å². The Kier molecular flexibility index (Phi) is 5.03. The lowest BCUT2D eigenvalue weighted by atomic mass is 9.96. The zero-order valence-electron chi connectivity index (χ0n) is 13.3. The van der Waals surface area contributed by atoms with Gasteiger partial charge in [-0.3, -0.25) is 4.79 Å². The van der Waals surface area contributed by atoms with E-state index < -0.39 is 0 Å². The van der Waals surface area contributed by atoms with Crippen LogP contribution in [0.15, 0.2) is 5.16 Å². The first kappa shape index (κ1) is 15.8. The number of ether oxygens (including phenoxy) is 1. The number of aromatic nitrogens is 3. The standard InChI is InChI=1S/C15H24N4O2S/c1-3-22-15-17-16-13(18(15)2)11-6-4-8-19(10-11)14(20)12-7-5-9-21-12/h11-12H,3-10H2,1-2H3. The van der Waals surface area contributed by atoms with Gasteiger partial charge in [0, 0.05) is 32.7 Å². The van der Waals surface area contributed by atoms with Crippen LogP contribution in [-0.2, 0) is 16.6 Å². The molecule has 0 aromatic carbocycles. The topological polar surface area (TPSA) is 60.3 Å². The SMILES string of the molecule is CCSc1nnc(C2CCCN(C(=O)C3CCCO3)C2)n1C. The summed E-state index contributed by atoms with van der Waals surface area (Å²) >= 11 is 1.70. The summed E-state index contributed by atoms with van der Waals surface area (Å²) in [6, 6.07) is 0. The summed E-state index contributed by atoms with van der Waals surface area (Å²) in [5, 5.41) is 9.61. The Bertz CT molecular complexity index is 528. The van der Waals surface area contributed by atoms with E-state index in [-0.39, 0.29) is 17.9 Å². The van der Waals surface area contributed by atoms with Crippen molar-refractivity contribution in [1.29, 1.82) is 0 Å². The van der Waals surface area contributed by atoms with Gasteiger partial charge in [-0.25, -0.2) is 0 Å². The first-order chi connectivity index (χ1) is 10.7. The van der Waals surface area contributed by atoms with Crippen LogP contribution in [0.1, 0.15) is 44.3 Å². The van der Waals surface area contributed by atoms with E-state index in [1.807, 2.05) is 11.9 Å². The van der Waals surface area contributed by atoms with Crippen LogP contribution in [0.5, 0.6) is 0 Å². The van der Waals surface area contributed by atoms with Gasteiger partial charge in [0.2, 0.25) is 0 Å². The highest BCUT2D eigenvalue weighted by Gasteiger charge is 2.33. The molecule has 2 atom stereocenters. The Morgan fingerprint density at radius 3 is 2.95 bits per heavy atom. The first-order valence-corrected chi connectivity index (χ1v) is 9.11. The number of hydrogen-bond donors (Lipinski definition) is 0. The number of amides is 1. The van der Waals surface area contributed by atoms with Gasteiger partial charge in [0.15, 0.2) is 5.16 Å². The summed E-state index contributed by atoms with van der Waals surface area (Å²) in [5.41, 5.74) is 0. The van der Waals surface area contributed by atoms with Gasteiger partial charge in [-0.1, -0.05) is 18.7 Å². The maximum absolute atomic E-state index is 12.5. The number of nitrogens with zero attached hydrogens (tertiary/aromatic N) is 4. The molecule has 0 bridgehead atoms. The van der Waals surface area contributed by atoms with Crippen molar-refractivity contribution in [2.24, 2.45) is 7.05 Å². The number of piperidine rings is 1. The van der Waals surface area contributed by atoms with E-state index in [9.17, 15) is 4.79 Å². The average molecular weight is 324 g/mol. The number of thioether (sulfide) groups is 1. The van der Waals surface area contributed by atoms with E-state index >= 15 is 0 Å². The molecular weight excluding hydrogens is 300 g/mol. The molecule has 0 radical (unpaired) electrons. The van der Waals surface area contributed by atoms with E-state index in [4.69, 9.17) is 4.74 Å². The second-order valence-corrected chi connectivity index (χ2v) is 7.19. The van der Waals surface area contributed by atoms with Crippen molar-refractivity contribution < 1.29 is 9.53 Å². The molecule has 2 aliphatic heterocycles. The van der Waals surface area contributed by atoms with Gasteiger partial charge in [-0.15, -0.1) is 10.2 Å². The molecule has 2 unspecified atom stereocenters. The zero-order valence-corrected chi connectivity index (χ0v) is 14.1. The minimum Gasteiger partial charge on any atom is -0.368 e. The molecule has 122 valence electrons. The molecule has 0 N–H and O–H groups in total. The Labute approximate surface area is 135 Å². The lowest BCUT2D eigenvalue weighted by molar-refractivity contribution is -0.142. The van der Waals surface area contributed by atoms with E-state index in [1.54, 1.807) is 11.8 Å². The van der Waals surface area contributed by atoms with Crippen LogP contribution in [0.3, 0.4) is 0 Å². The molecule has 7 heteroatoms. The molecule has 1 amide bonds. The van der Waals surface area contributed by atoms with Crippen LogP contribution in [0.4, 0.5) is 0 Å². The lowest BCUT2D eigenvalue weighted by Gasteiger charge is -2.33. The monoisotopic (exact) mass is 324 g/mol. The number of likely N-dealkylation sites (tertiary alicyclic amines) is 1. The average Bonchev–Trinajstić information content (AvgIpc) is 3.18. The summed E-state index contributed by atoms with van der Waals surface area (Å²) in [7, 11) is 2.02. The maximum atomic E-state index is 12.5. The van der Waals surface area contributed by atoms with Crippen molar-refractivity contribution in [2.75, 3.05) is 25.4 Å². The Hall–Kier alpha value is -1.08. The van der Waals surface area contributed by atoms with Crippen molar-refractivity contribution in [2.45, 2.75) is 49.8 Å². The Balaban J connectivity index is 1.68. The van der Waals surface area contributed by atoms with Gasteiger partial charge in [-0.2, -0.15) is 0 Å². The highest BCUT2D eigenvalue weighted by molar-refractivity contribution is 7.99. The second kappa shape index (κ2) is 7.00. The van der Waals surface area contributed by atoms with Crippen molar-refractivity contribution in [3.05, 3.63) is 5.82 Å². The third-order valence-corrected chi connectivity index (χ3v) is 5.35. The fourth-order valence-corrected chi connectivity index (χ4v) is 3.94. The first-order valence-electron chi connectivity index (χ1n) is 8.13.